The number of nitrogens with zero attached hydrogens (tertiary/aromatic N) is 2. The number of nitrogens with one attached hydrogen (secondary N) is 1. The first kappa shape index (κ1) is 14.6. The molecule has 2 heterocycles. The number of carboxylic acid groups (broad SMARTS) is 1. The molecule has 2 aromatic heterocycles. The Hall–Kier alpha value is -1.80. The molecule has 2 aromatic rings. The van der Waals surface area contributed by atoms with Gasteiger partial charge in [0.15, 0.2) is 5.69 Å². The number of hydrogen-bond acceptors (Lipinski definition) is 6. The van der Waals surface area contributed by atoms with E-state index in [9.17, 15) is 9.59 Å². The van der Waals surface area contributed by atoms with E-state index >= 15 is 0 Å². The van der Waals surface area contributed by atoms with Crippen LogP contribution in [0.15, 0.2) is 5.38 Å². The molecule has 8 heteroatoms. The van der Waals surface area contributed by atoms with Crippen molar-refractivity contribution >= 4 is 34.6 Å². The van der Waals surface area contributed by atoms with Gasteiger partial charge in [0.1, 0.15) is 4.88 Å². The van der Waals surface area contributed by atoms with Crippen molar-refractivity contribution in [3.8, 4) is 0 Å². The molecule has 0 aliphatic carbocycles. The van der Waals surface area contributed by atoms with Crippen molar-refractivity contribution in [1.82, 2.24) is 15.3 Å². The van der Waals surface area contributed by atoms with Crippen molar-refractivity contribution in [3.05, 3.63) is 31.7 Å². The molecule has 0 fully saturated rings. The van der Waals surface area contributed by atoms with Crippen LogP contribution in [0.5, 0.6) is 0 Å². The van der Waals surface area contributed by atoms with Gasteiger partial charge in [-0.25, -0.2) is 14.8 Å². The van der Waals surface area contributed by atoms with Crippen LogP contribution in [-0.2, 0) is 6.42 Å². The third kappa shape index (κ3) is 3.40. The number of carboxylic acids is 1. The van der Waals surface area contributed by atoms with Crippen molar-refractivity contribution in [2.75, 3.05) is 6.54 Å². The van der Waals surface area contributed by atoms with Crippen LogP contribution in [0.25, 0.3) is 0 Å². The van der Waals surface area contributed by atoms with Crippen molar-refractivity contribution in [2.45, 2.75) is 20.3 Å². The maximum Gasteiger partial charge on any atom is 0.355 e. The summed E-state index contributed by atoms with van der Waals surface area (Å²) in [4.78, 5) is 31.4. The lowest BCUT2D eigenvalue weighted by molar-refractivity contribution is 0.0690. The van der Waals surface area contributed by atoms with Gasteiger partial charge in [-0.1, -0.05) is 0 Å². The van der Waals surface area contributed by atoms with E-state index in [0.717, 1.165) is 10.7 Å². The lowest BCUT2D eigenvalue weighted by Crippen LogP contribution is -2.25. The number of carbonyl (C=O) groups excluding carboxylic acids is 1. The molecule has 0 spiro atoms. The Morgan fingerprint density at radius 1 is 1.35 bits per heavy atom. The van der Waals surface area contributed by atoms with Crippen molar-refractivity contribution in [2.24, 2.45) is 0 Å². The molecule has 6 nitrogen and oxygen atoms in total. The largest absolute Gasteiger partial charge is 0.476 e. The van der Waals surface area contributed by atoms with Crippen molar-refractivity contribution in [1.29, 1.82) is 0 Å². The van der Waals surface area contributed by atoms with Crippen LogP contribution in [0.4, 0.5) is 0 Å². The maximum absolute atomic E-state index is 11.9. The molecule has 0 aromatic carbocycles. The summed E-state index contributed by atoms with van der Waals surface area (Å²) >= 11 is 2.64. The number of aromatic nitrogens is 2. The molecule has 0 radical (unpaired) electrons. The first-order valence-corrected chi connectivity index (χ1v) is 7.57. The molecule has 2 rings (SSSR count). The van der Waals surface area contributed by atoms with Crippen molar-refractivity contribution in [3.63, 3.8) is 0 Å². The summed E-state index contributed by atoms with van der Waals surface area (Å²) < 4.78 is 0. The second-order valence-corrected chi connectivity index (χ2v) is 6.23. The number of aromatic carboxylic acids is 1. The molecule has 0 bridgehead atoms. The van der Waals surface area contributed by atoms with Crippen LogP contribution >= 0.6 is 22.7 Å². The van der Waals surface area contributed by atoms with Gasteiger partial charge in [0.2, 0.25) is 0 Å². The van der Waals surface area contributed by atoms with E-state index in [1.165, 1.54) is 28.1 Å². The Bertz CT molecular complexity index is 648. The van der Waals surface area contributed by atoms with Gasteiger partial charge in [-0.15, -0.1) is 22.7 Å². The van der Waals surface area contributed by atoms with Gasteiger partial charge >= 0.3 is 5.97 Å². The maximum atomic E-state index is 11.9. The average Bonchev–Trinajstić information content (AvgIpc) is 2.96. The monoisotopic (exact) mass is 311 g/mol. The minimum Gasteiger partial charge on any atom is -0.476 e. The quantitative estimate of drug-likeness (QED) is 0.879. The predicted octanol–water partition coefficient (Wildman–Crippen LogP) is 1.89. The van der Waals surface area contributed by atoms with Crippen LogP contribution in [0, 0.1) is 13.8 Å². The number of rotatable bonds is 5. The highest BCUT2D eigenvalue weighted by Gasteiger charge is 2.13. The Kier molecular flexibility index (Phi) is 4.46. The Balaban J connectivity index is 1.87. The third-order valence-corrected chi connectivity index (χ3v) is 4.49. The lowest BCUT2D eigenvalue weighted by atomic mass is 10.3. The van der Waals surface area contributed by atoms with Crippen LogP contribution in [-0.4, -0.2) is 33.5 Å². The van der Waals surface area contributed by atoms with E-state index in [0.29, 0.717) is 22.9 Å². The van der Waals surface area contributed by atoms with E-state index < -0.39 is 5.97 Å². The minimum absolute atomic E-state index is 0.0465. The highest BCUT2D eigenvalue weighted by molar-refractivity contribution is 7.13. The molecule has 0 saturated heterocycles. The van der Waals surface area contributed by atoms with Gasteiger partial charge < -0.3 is 10.4 Å². The summed E-state index contributed by atoms with van der Waals surface area (Å²) in [5.74, 6) is -1.18. The molecule has 0 aliphatic rings. The standard InChI is InChI=1S/C12H13N3O3S2/c1-6-10(20-7(2)14-6)11(16)13-4-3-9-15-8(5-19-9)12(17)18/h5H,3-4H2,1-2H3,(H,13,16)(H,17,18). The molecular weight excluding hydrogens is 298 g/mol. The summed E-state index contributed by atoms with van der Waals surface area (Å²) in [5.41, 5.74) is 0.776. The van der Waals surface area contributed by atoms with E-state index in [-0.39, 0.29) is 11.6 Å². The molecule has 0 unspecified atom stereocenters. The molecule has 2 N–H and O–H groups in total. The van der Waals surface area contributed by atoms with Gasteiger partial charge in [0.05, 0.1) is 15.7 Å². The Morgan fingerprint density at radius 3 is 2.65 bits per heavy atom. The summed E-state index contributed by atoms with van der Waals surface area (Å²) in [6.07, 6.45) is 0.514. The number of amides is 1. The molecule has 20 heavy (non-hydrogen) atoms. The third-order valence-electron chi connectivity index (χ3n) is 2.51. The van der Waals surface area contributed by atoms with Gasteiger partial charge in [-0.05, 0) is 13.8 Å². The predicted molar refractivity (Wildman–Crippen MR) is 76.7 cm³/mol. The highest BCUT2D eigenvalue weighted by atomic mass is 32.1. The Labute approximate surface area is 123 Å². The first-order valence-electron chi connectivity index (χ1n) is 5.87. The normalized spacial score (nSPS) is 10.5. The number of hydrogen-bond donors (Lipinski definition) is 2. The summed E-state index contributed by atoms with van der Waals surface area (Å²) in [6, 6.07) is 0. The second-order valence-electron chi connectivity index (χ2n) is 4.08. The van der Waals surface area contributed by atoms with Crippen LogP contribution < -0.4 is 5.32 Å². The fourth-order valence-corrected chi connectivity index (χ4v) is 3.24. The van der Waals surface area contributed by atoms with Gasteiger partial charge in [-0.2, -0.15) is 0 Å². The zero-order valence-corrected chi connectivity index (χ0v) is 12.6. The summed E-state index contributed by atoms with van der Waals surface area (Å²) in [7, 11) is 0. The van der Waals surface area contributed by atoms with Gasteiger partial charge in [0, 0.05) is 18.3 Å². The van der Waals surface area contributed by atoms with Gasteiger partial charge in [0.25, 0.3) is 5.91 Å². The zero-order chi connectivity index (χ0) is 14.7. The minimum atomic E-state index is -1.03. The van der Waals surface area contributed by atoms with Crippen LogP contribution in [0.2, 0.25) is 0 Å². The lowest BCUT2D eigenvalue weighted by Gasteiger charge is -2.02. The van der Waals surface area contributed by atoms with Crippen LogP contribution in [0.1, 0.15) is 35.9 Å². The average molecular weight is 311 g/mol. The summed E-state index contributed by atoms with van der Waals surface area (Å²) in [5, 5.41) is 14.6. The number of aryl methyl sites for hydroxylation is 2. The van der Waals surface area contributed by atoms with E-state index in [2.05, 4.69) is 15.3 Å². The number of carbonyl (C=O) groups is 2. The molecule has 106 valence electrons. The Morgan fingerprint density at radius 2 is 2.10 bits per heavy atom. The molecule has 0 saturated carbocycles. The fraction of sp³-hybridized carbons (Fsp3) is 0.333. The molecule has 0 aliphatic heterocycles. The van der Waals surface area contributed by atoms with E-state index in [1.807, 2.05) is 6.92 Å². The zero-order valence-electron chi connectivity index (χ0n) is 11.0. The molecular formula is C12H13N3O3S2. The second kappa shape index (κ2) is 6.10. The molecule has 0 atom stereocenters. The van der Waals surface area contributed by atoms with E-state index in [4.69, 9.17) is 5.11 Å². The van der Waals surface area contributed by atoms with Gasteiger partial charge in [-0.3, -0.25) is 4.79 Å². The first-order chi connectivity index (χ1) is 9.47. The SMILES string of the molecule is Cc1nc(C)c(C(=O)NCCc2nc(C(=O)O)cs2)s1. The number of thiazole rings is 2. The topological polar surface area (TPSA) is 92.2 Å². The smallest absolute Gasteiger partial charge is 0.355 e. The summed E-state index contributed by atoms with van der Waals surface area (Å²) in [6.45, 7) is 4.08. The van der Waals surface area contributed by atoms with Crippen LogP contribution in [0.3, 0.4) is 0 Å². The highest BCUT2D eigenvalue weighted by Crippen LogP contribution is 2.16. The van der Waals surface area contributed by atoms with E-state index in [1.54, 1.807) is 6.92 Å². The molecule has 1 amide bonds. The fourth-order valence-electron chi connectivity index (χ4n) is 1.63. The van der Waals surface area contributed by atoms with Crippen molar-refractivity contribution < 1.29 is 14.7 Å².